The summed E-state index contributed by atoms with van der Waals surface area (Å²) >= 11 is 0. The van der Waals surface area contributed by atoms with Crippen molar-refractivity contribution < 1.29 is 4.79 Å². The second-order valence-corrected chi connectivity index (χ2v) is 8.70. The summed E-state index contributed by atoms with van der Waals surface area (Å²) in [6.45, 7) is 3.49. The van der Waals surface area contributed by atoms with Crippen LogP contribution in [-0.4, -0.2) is 56.0 Å². The smallest absolute Gasteiger partial charge is 0.237 e. The molecule has 1 fully saturated rings. The van der Waals surface area contributed by atoms with Crippen molar-refractivity contribution in [3.05, 3.63) is 108 Å². The molecule has 0 bridgehead atoms. The first kappa shape index (κ1) is 32.9. The van der Waals surface area contributed by atoms with Gasteiger partial charge in [-0.2, -0.15) is 0 Å². The first-order valence-electron chi connectivity index (χ1n) is 12.0. The topological polar surface area (TPSA) is 59.6 Å². The number of amides is 1. The highest BCUT2D eigenvalue weighted by atomic mass is 35.5. The summed E-state index contributed by atoms with van der Waals surface area (Å²) in [4.78, 5) is 17.7. The van der Waals surface area contributed by atoms with Crippen molar-refractivity contribution in [1.29, 1.82) is 0 Å². The molecule has 0 saturated carbocycles. The molecule has 0 aromatic heterocycles. The van der Waals surface area contributed by atoms with Crippen LogP contribution in [0.2, 0.25) is 0 Å². The van der Waals surface area contributed by atoms with Gasteiger partial charge in [-0.05, 0) is 23.7 Å². The number of carbonyl (C=O) groups excluding carboxylic acids is 1. The maximum absolute atomic E-state index is 12.7. The van der Waals surface area contributed by atoms with Crippen LogP contribution in [0.5, 0.6) is 0 Å². The number of rotatable bonds is 9. The average molecular weight is 567 g/mol. The standard InChI is InChI=1S/C28H35N5O.3ClH/c1-29-28(22-26(34)31-30-2,25-16-10-5-11-17-25)33-20-18-32(19-21-33)27(23-12-6-3-7-13-23)24-14-8-4-9-15-24;;;/h3-17,27,29-30H,18-22H2,1-2H3,(H,31,34);3*1H. The van der Waals surface area contributed by atoms with Crippen molar-refractivity contribution in [2.24, 2.45) is 0 Å². The summed E-state index contributed by atoms with van der Waals surface area (Å²) in [7, 11) is 3.66. The van der Waals surface area contributed by atoms with E-state index in [1.165, 1.54) is 11.1 Å². The number of hydrogen-bond acceptors (Lipinski definition) is 5. The second-order valence-electron chi connectivity index (χ2n) is 8.70. The summed E-state index contributed by atoms with van der Waals surface area (Å²) in [5.74, 6) is -0.0467. The molecule has 202 valence electrons. The normalized spacial score (nSPS) is 15.4. The average Bonchev–Trinajstić information content (AvgIpc) is 2.90. The number of hydrogen-bond donors (Lipinski definition) is 3. The van der Waals surface area contributed by atoms with Crippen molar-refractivity contribution >= 4 is 43.1 Å². The predicted molar refractivity (Wildman–Crippen MR) is 159 cm³/mol. The first-order chi connectivity index (χ1) is 16.7. The summed E-state index contributed by atoms with van der Waals surface area (Å²) in [5, 5.41) is 3.52. The molecule has 9 heteroatoms. The van der Waals surface area contributed by atoms with E-state index in [1.807, 2.05) is 25.2 Å². The fraction of sp³-hybridized carbons (Fsp3) is 0.321. The molecule has 1 saturated heterocycles. The Morgan fingerprint density at radius 1 is 0.757 bits per heavy atom. The van der Waals surface area contributed by atoms with Gasteiger partial charge in [0.15, 0.2) is 0 Å². The van der Waals surface area contributed by atoms with Crippen LogP contribution in [0.4, 0.5) is 0 Å². The second kappa shape index (κ2) is 15.9. The SMILES string of the molecule is CNNC(=O)CC(NC)(c1ccccc1)N1CCN(C(c2ccccc2)c2ccccc2)CC1.Cl.Cl.Cl. The van der Waals surface area contributed by atoms with Gasteiger partial charge in [-0.25, -0.2) is 5.43 Å². The molecule has 3 N–H and O–H groups in total. The molecule has 1 amide bonds. The quantitative estimate of drug-likeness (QED) is 0.336. The molecule has 6 nitrogen and oxygen atoms in total. The highest BCUT2D eigenvalue weighted by Gasteiger charge is 2.41. The molecule has 1 atom stereocenters. The van der Waals surface area contributed by atoms with Crippen LogP contribution < -0.4 is 16.2 Å². The number of benzene rings is 3. The van der Waals surface area contributed by atoms with Gasteiger partial charge in [-0.1, -0.05) is 91.0 Å². The molecule has 4 rings (SSSR count). The Kier molecular flexibility index (Phi) is 14.2. The van der Waals surface area contributed by atoms with Crippen LogP contribution in [0.1, 0.15) is 29.2 Å². The Morgan fingerprint density at radius 2 is 1.22 bits per heavy atom. The monoisotopic (exact) mass is 565 g/mol. The van der Waals surface area contributed by atoms with Gasteiger partial charge in [0.05, 0.1) is 12.5 Å². The zero-order valence-corrected chi connectivity index (χ0v) is 23.8. The highest BCUT2D eigenvalue weighted by Crippen LogP contribution is 2.34. The number of nitrogens with one attached hydrogen (secondary N) is 3. The molecule has 37 heavy (non-hydrogen) atoms. The third kappa shape index (κ3) is 7.68. The summed E-state index contributed by atoms with van der Waals surface area (Å²) in [6.07, 6.45) is 0.315. The predicted octanol–water partition coefficient (Wildman–Crippen LogP) is 4.37. The van der Waals surface area contributed by atoms with E-state index < -0.39 is 5.66 Å². The Bertz CT molecular complexity index is 998. The molecule has 1 unspecified atom stereocenters. The third-order valence-corrected chi connectivity index (χ3v) is 6.80. The van der Waals surface area contributed by atoms with E-state index in [-0.39, 0.29) is 49.2 Å². The van der Waals surface area contributed by atoms with Gasteiger partial charge in [0, 0.05) is 33.2 Å². The molecule has 1 aliphatic heterocycles. The number of piperazine rings is 1. The zero-order valence-electron chi connectivity index (χ0n) is 21.3. The van der Waals surface area contributed by atoms with E-state index >= 15 is 0 Å². The van der Waals surface area contributed by atoms with E-state index in [0.29, 0.717) is 6.42 Å². The lowest BCUT2D eigenvalue weighted by atomic mass is 9.91. The molecular formula is C28H38Cl3N5O. The minimum Gasteiger partial charge on any atom is -0.298 e. The molecule has 1 aliphatic rings. The molecule has 0 spiro atoms. The van der Waals surface area contributed by atoms with Crippen LogP contribution in [-0.2, 0) is 10.5 Å². The third-order valence-electron chi connectivity index (χ3n) is 6.80. The van der Waals surface area contributed by atoms with Crippen molar-refractivity contribution in [2.75, 3.05) is 40.3 Å². The van der Waals surface area contributed by atoms with Crippen LogP contribution >= 0.6 is 37.2 Å². The van der Waals surface area contributed by atoms with E-state index in [2.05, 4.69) is 98.8 Å². The molecule has 3 aromatic carbocycles. The number of hydrazine groups is 1. The summed E-state index contributed by atoms with van der Waals surface area (Å²) in [5.41, 5.74) is 8.65. The van der Waals surface area contributed by atoms with Gasteiger partial charge in [0.2, 0.25) is 5.91 Å². The first-order valence-corrected chi connectivity index (χ1v) is 12.0. The fourth-order valence-electron chi connectivity index (χ4n) is 5.16. The minimum absolute atomic E-state index is 0. The summed E-state index contributed by atoms with van der Waals surface area (Å²) in [6, 6.07) is 32.0. The van der Waals surface area contributed by atoms with Gasteiger partial charge >= 0.3 is 0 Å². The molecular weight excluding hydrogens is 529 g/mol. The zero-order chi connectivity index (χ0) is 23.8. The molecule has 1 heterocycles. The molecule has 3 aromatic rings. The van der Waals surface area contributed by atoms with Crippen molar-refractivity contribution in [3.63, 3.8) is 0 Å². The Morgan fingerprint density at radius 3 is 1.65 bits per heavy atom. The van der Waals surface area contributed by atoms with Gasteiger partial charge in [-0.15, -0.1) is 37.2 Å². The number of carbonyl (C=O) groups is 1. The van der Waals surface area contributed by atoms with Gasteiger partial charge < -0.3 is 0 Å². The van der Waals surface area contributed by atoms with Crippen molar-refractivity contribution in [2.45, 2.75) is 18.1 Å². The Labute approximate surface area is 239 Å². The highest BCUT2D eigenvalue weighted by molar-refractivity contribution is 5.86. The molecule has 0 radical (unpaired) electrons. The van der Waals surface area contributed by atoms with E-state index in [9.17, 15) is 4.79 Å². The van der Waals surface area contributed by atoms with Crippen molar-refractivity contribution in [3.8, 4) is 0 Å². The summed E-state index contributed by atoms with van der Waals surface area (Å²) < 4.78 is 0. The van der Waals surface area contributed by atoms with Crippen molar-refractivity contribution in [1.82, 2.24) is 26.0 Å². The van der Waals surface area contributed by atoms with Gasteiger partial charge in [0.1, 0.15) is 5.66 Å². The number of nitrogens with zero attached hydrogens (tertiary/aromatic N) is 2. The largest absolute Gasteiger partial charge is 0.298 e. The van der Waals surface area contributed by atoms with E-state index in [4.69, 9.17) is 0 Å². The van der Waals surface area contributed by atoms with E-state index in [1.54, 1.807) is 7.05 Å². The fourth-order valence-corrected chi connectivity index (χ4v) is 5.16. The maximum Gasteiger partial charge on any atom is 0.237 e. The lowest BCUT2D eigenvalue weighted by molar-refractivity contribution is -0.127. The lowest BCUT2D eigenvalue weighted by Gasteiger charge is -2.49. The van der Waals surface area contributed by atoms with E-state index in [0.717, 1.165) is 31.7 Å². The van der Waals surface area contributed by atoms with Gasteiger partial charge in [-0.3, -0.25) is 25.3 Å². The lowest BCUT2D eigenvalue weighted by Crippen LogP contribution is -2.62. The molecule has 0 aliphatic carbocycles. The van der Waals surface area contributed by atoms with Crippen LogP contribution in [0.25, 0.3) is 0 Å². The Balaban J connectivity index is 0.00000228. The van der Waals surface area contributed by atoms with Crippen LogP contribution in [0, 0.1) is 0 Å². The van der Waals surface area contributed by atoms with Crippen LogP contribution in [0.3, 0.4) is 0 Å². The van der Waals surface area contributed by atoms with Gasteiger partial charge in [0.25, 0.3) is 0 Å². The van der Waals surface area contributed by atoms with Crippen LogP contribution in [0.15, 0.2) is 91.0 Å². The maximum atomic E-state index is 12.7. The Hall–Kier alpha value is -2.16. The minimum atomic E-state index is -0.580. The number of halogens is 3.